The second kappa shape index (κ2) is 10.3. The quantitative estimate of drug-likeness (QED) is 0.613. The first-order chi connectivity index (χ1) is 12.7. The molecule has 26 heavy (non-hydrogen) atoms. The summed E-state index contributed by atoms with van der Waals surface area (Å²) in [5.41, 5.74) is 1.81. The van der Waals surface area contributed by atoms with Crippen molar-refractivity contribution in [1.82, 2.24) is 0 Å². The van der Waals surface area contributed by atoms with Crippen molar-refractivity contribution < 1.29 is 14.3 Å². The van der Waals surface area contributed by atoms with Gasteiger partial charge in [0.05, 0.1) is 7.11 Å². The average molecular weight is 356 g/mol. The molecule has 0 unspecified atom stereocenters. The summed E-state index contributed by atoms with van der Waals surface area (Å²) in [6.45, 7) is 5.31. The molecule has 0 spiro atoms. The monoisotopic (exact) mass is 356 g/mol. The summed E-state index contributed by atoms with van der Waals surface area (Å²) >= 11 is 0. The normalized spacial score (nSPS) is 10.5. The Kier molecular flexibility index (Phi) is 7.80. The van der Waals surface area contributed by atoms with Crippen LogP contribution in [0.25, 0.3) is 0 Å². The molecule has 1 amide bonds. The molecule has 0 aliphatic rings. The van der Waals surface area contributed by atoms with Gasteiger partial charge in [-0.2, -0.15) is 0 Å². The maximum absolute atomic E-state index is 12.1. The fourth-order valence-electron chi connectivity index (χ4n) is 2.61. The molecule has 0 radical (unpaired) electrons. The van der Waals surface area contributed by atoms with E-state index in [-0.39, 0.29) is 11.8 Å². The predicted octanol–water partition coefficient (Wildman–Crippen LogP) is 4.56. The molecule has 2 N–H and O–H groups in total. The van der Waals surface area contributed by atoms with Gasteiger partial charge in [-0.3, -0.25) is 4.79 Å². The highest BCUT2D eigenvalue weighted by atomic mass is 16.5. The molecule has 0 atom stereocenters. The van der Waals surface area contributed by atoms with Crippen molar-refractivity contribution in [2.75, 3.05) is 30.9 Å². The lowest BCUT2D eigenvalue weighted by Gasteiger charge is -2.13. The number of carbonyl (C=O) groups is 1. The lowest BCUT2D eigenvalue weighted by atomic mass is 10.0. The first kappa shape index (κ1) is 19.6. The van der Waals surface area contributed by atoms with E-state index in [0.29, 0.717) is 13.2 Å². The molecule has 5 nitrogen and oxygen atoms in total. The lowest BCUT2D eigenvalue weighted by molar-refractivity contribution is -0.120. The van der Waals surface area contributed by atoms with Crippen LogP contribution in [0.1, 0.15) is 26.7 Å². The second-order valence-electron chi connectivity index (χ2n) is 6.03. The molecule has 2 rings (SSSR count). The summed E-state index contributed by atoms with van der Waals surface area (Å²) in [5.74, 6) is 1.78. The van der Waals surface area contributed by atoms with Crippen molar-refractivity contribution >= 4 is 17.3 Å². The fraction of sp³-hybridized carbons (Fsp3) is 0.381. The largest absolute Gasteiger partial charge is 0.497 e. The Morgan fingerprint density at radius 3 is 2.08 bits per heavy atom. The van der Waals surface area contributed by atoms with Gasteiger partial charge in [0.25, 0.3) is 0 Å². The minimum Gasteiger partial charge on any atom is -0.497 e. The van der Waals surface area contributed by atoms with Crippen molar-refractivity contribution in [2.45, 2.75) is 26.7 Å². The lowest BCUT2D eigenvalue weighted by Crippen LogP contribution is -2.21. The fourth-order valence-corrected chi connectivity index (χ4v) is 2.61. The molecule has 0 saturated heterocycles. The summed E-state index contributed by atoms with van der Waals surface area (Å²) in [6, 6.07) is 15.2. The smallest absolute Gasteiger partial charge is 0.227 e. The molecule has 2 aromatic rings. The van der Waals surface area contributed by atoms with Crippen molar-refractivity contribution in [1.29, 1.82) is 0 Å². The van der Waals surface area contributed by atoms with Gasteiger partial charge in [0.2, 0.25) is 5.91 Å². The van der Waals surface area contributed by atoms with Crippen LogP contribution in [0.3, 0.4) is 0 Å². The number of hydrogen-bond acceptors (Lipinski definition) is 4. The zero-order valence-electron chi connectivity index (χ0n) is 15.7. The average Bonchev–Trinajstić information content (AvgIpc) is 2.68. The van der Waals surface area contributed by atoms with Crippen molar-refractivity contribution in [3.8, 4) is 11.5 Å². The Morgan fingerprint density at radius 2 is 1.50 bits per heavy atom. The van der Waals surface area contributed by atoms with Gasteiger partial charge in [-0.15, -0.1) is 0 Å². The van der Waals surface area contributed by atoms with E-state index in [1.807, 2.05) is 62.4 Å². The number of anilines is 2. The van der Waals surface area contributed by atoms with E-state index in [1.54, 1.807) is 7.11 Å². The Bertz CT molecular complexity index is 665. The molecule has 0 aliphatic carbocycles. The molecule has 0 heterocycles. The minimum absolute atomic E-state index is 0.0721. The SMILES string of the molecule is CCC(CC)C(=O)Nc1ccc(NCCOc2ccc(OC)cc2)cc1. The van der Waals surface area contributed by atoms with Gasteiger partial charge in [0, 0.05) is 23.8 Å². The number of nitrogens with one attached hydrogen (secondary N) is 2. The third kappa shape index (κ3) is 5.99. The summed E-state index contributed by atoms with van der Waals surface area (Å²) in [7, 11) is 1.64. The number of hydrogen-bond donors (Lipinski definition) is 2. The van der Waals surface area contributed by atoms with E-state index < -0.39 is 0 Å². The number of rotatable bonds is 10. The number of ether oxygens (including phenoxy) is 2. The highest BCUT2D eigenvalue weighted by molar-refractivity contribution is 5.92. The van der Waals surface area contributed by atoms with E-state index in [9.17, 15) is 4.79 Å². The molecular formula is C21H28N2O3. The van der Waals surface area contributed by atoms with Crippen LogP contribution in [0.4, 0.5) is 11.4 Å². The van der Waals surface area contributed by atoms with Crippen molar-refractivity contribution in [3.05, 3.63) is 48.5 Å². The van der Waals surface area contributed by atoms with Crippen LogP contribution in [0.5, 0.6) is 11.5 Å². The van der Waals surface area contributed by atoms with E-state index in [4.69, 9.17) is 9.47 Å². The van der Waals surface area contributed by atoms with E-state index in [2.05, 4.69) is 10.6 Å². The van der Waals surface area contributed by atoms with Gasteiger partial charge in [0.15, 0.2) is 0 Å². The summed E-state index contributed by atoms with van der Waals surface area (Å²) in [6.07, 6.45) is 1.71. The molecule has 140 valence electrons. The van der Waals surface area contributed by atoms with Crippen molar-refractivity contribution in [3.63, 3.8) is 0 Å². The van der Waals surface area contributed by atoms with Crippen LogP contribution in [0.15, 0.2) is 48.5 Å². The molecule has 0 aromatic heterocycles. The Hall–Kier alpha value is -2.69. The van der Waals surface area contributed by atoms with E-state index in [0.717, 1.165) is 35.7 Å². The number of methoxy groups -OCH3 is 1. The van der Waals surface area contributed by atoms with E-state index in [1.165, 1.54) is 0 Å². The van der Waals surface area contributed by atoms with Gasteiger partial charge in [-0.05, 0) is 61.4 Å². The first-order valence-corrected chi connectivity index (χ1v) is 9.07. The molecule has 2 aromatic carbocycles. The van der Waals surface area contributed by atoms with Crippen LogP contribution in [-0.2, 0) is 4.79 Å². The Morgan fingerprint density at radius 1 is 0.923 bits per heavy atom. The Balaban J connectivity index is 1.73. The molecule has 0 aliphatic heterocycles. The Labute approximate surface area is 155 Å². The van der Waals surface area contributed by atoms with Gasteiger partial charge >= 0.3 is 0 Å². The molecule has 0 saturated carbocycles. The van der Waals surface area contributed by atoms with Crippen LogP contribution in [0, 0.1) is 5.92 Å². The summed E-state index contributed by atoms with van der Waals surface area (Å²) in [5, 5.41) is 6.27. The van der Waals surface area contributed by atoms with E-state index >= 15 is 0 Å². The van der Waals surface area contributed by atoms with Gasteiger partial charge in [-0.1, -0.05) is 13.8 Å². The number of carbonyl (C=O) groups excluding carboxylic acids is 1. The standard InChI is InChI=1S/C21H28N2O3/c1-4-16(5-2)21(24)23-18-8-6-17(7-9-18)22-14-15-26-20-12-10-19(25-3)11-13-20/h6-13,16,22H,4-5,14-15H2,1-3H3,(H,23,24). The number of amides is 1. The summed E-state index contributed by atoms with van der Waals surface area (Å²) < 4.78 is 10.8. The second-order valence-corrected chi connectivity index (χ2v) is 6.03. The number of benzene rings is 2. The predicted molar refractivity (Wildman–Crippen MR) is 106 cm³/mol. The molecule has 0 fully saturated rings. The zero-order chi connectivity index (χ0) is 18.8. The maximum Gasteiger partial charge on any atom is 0.227 e. The van der Waals surface area contributed by atoms with Crippen LogP contribution in [0.2, 0.25) is 0 Å². The third-order valence-corrected chi connectivity index (χ3v) is 4.27. The highest BCUT2D eigenvalue weighted by Crippen LogP contribution is 2.18. The highest BCUT2D eigenvalue weighted by Gasteiger charge is 2.13. The third-order valence-electron chi connectivity index (χ3n) is 4.27. The topological polar surface area (TPSA) is 59.6 Å². The zero-order valence-corrected chi connectivity index (χ0v) is 15.7. The van der Waals surface area contributed by atoms with Crippen LogP contribution < -0.4 is 20.1 Å². The maximum atomic E-state index is 12.1. The molecular weight excluding hydrogens is 328 g/mol. The van der Waals surface area contributed by atoms with Crippen molar-refractivity contribution in [2.24, 2.45) is 5.92 Å². The van der Waals surface area contributed by atoms with Crippen LogP contribution >= 0.6 is 0 Å². The minimum atomic E-state index is 0.0721. The molecule has 5 heteroatoms. The molecule has 0 bridgehead atoms. The first-order valence-electron chi connectivity index (χ1n) is 9.07. The summed E-state index contributed by atoms with van der Waals surface area (Å²) in [4.78, 5) is 12.1. The van der Waals surface area contributed by atoms with Gasteiger partial charge in [0.1, 0.15) is 18.1 Å². The van der Waals surface area contributed by atoms with Gasteiger partial charge in [-0.25, -0.2) is 0 Å². The van der Waals surface area contributed by atoms with Gasteiger partial charge < -0.3 is 20.1 Å². The van der Waals surface area contributed by atoms with Crippen LogP contribution in [-0.4, -0.2) is 26.2 Å².